The van der Waals surface area contributed by atoms with Gasteiger partial charge in [0, 0.05) is 11.9 Å². The van der Waals surface area contributed by atoms with Gasteiger partial charge in [-0.1, -0.05) is 54.1 Å². The number of hydrogen-bond donors (Lipinski definition) is 1. The average molecular weight is 360 g/mol. The van der Waals surface area contributed by atoms with E-state index in [4.69, 9.17) is 11.6 Å². The molecule has 0 saturated carbocycles. The third-order valence-electron chi connectivity index (χ3n) is 3.06. The van der Waals surface area contributed by atoms with E-state index >= 15 is 0 Å². The smallest absolute Gasteiger partial charge is 0.144 e. The van der Waals surface area contributed by atoms with Crippen molar-refractivity contribution in [2.24, 2.45) is 0 Å². The van der Waals surface area contributed by atoms with Crippen molar-refractivity contribution in [1.29, 1.82) is 0 Å². The molecule has 0 radical (unpaired) electrons. The van der Waals surface area contributed by atoms with Gasteiger partial charge in [-0.15, -0.1) is 0 Å². The van der Waals surface area contributed by atoms with Gasteiger partial charge in [0.15, 0.2) is 0 Å². The van der Waals surface area contributed by atoms with Gasteiger partial charge in [0.05, 0.1) is 9.50 Å². The van der Waals surface area contributed by atoms with Crippen LogP contribution < -0.4 is 5.32 Å². The number of halogens is 2. The van der Waals surface area contributed by atoms with Crippen LogP contribution in [0.5, 0.6) is 0 Å². The molecule has 21 heavy (non-hydrogen) atoms. The molecule has 0 aliphatic heterocycles. The van der Waals surface area contributed by atoms with E-state index < -0.39 is 0 Å². The van der Waals surface area contributed by atoms with Crippen LogP contribution in [0.3, 0.4) is 0 Å². The molecular formula is C17H12BrClN2. The lowest BCUT2D eigenvalue weighted by Gasteiger charge is -2.09. The van der Waals surface area contributed by atoms with Crippen molar-refractivity contribution in [3.8, 4) is 11.1 Å². The SMILES string of the molecule is Clc1cnc(Nc2ccc(-c3ccccc3)cc2)c(Br)c1. The monoisotopic (exact) mass is 358 g/mol. The molecule has 1 N–H and O–H groups in total. The molecule has 0 spiro atoms. The number of pyridine rings is 1. The molecule has 3 aromatic rings. The molecule has 4 heteroatoms. The summed E-state index contributed by atoms with van der Waals surface area (Å²) in [5, 5.41) is 3.87. The second kappa shape index (κ2) is 6.29. The topological polar surface area (TPSA) is 24.9 Å². The quantitative estimate of drug-likeness (QED) is 0.629. The first-order valence-electron chi connectivity index (χ1n) is 6.46. The van der Waals surface area contributed by atoms with Gasteiger partial charge in [-0.05, 0) is 45.3 Å². The fraction of sp³-hybridized carbons (Fsp3) is 0. The molecule has 0 bridgehead atoms. The van der Waals surface area contributed by atoms with Gasteiger partial charge in [0.25, 0.3) is 0 Å². The predicted molar refractivity (Wildman–Crippen MR) is 92.1 cm³/mol. The lowest BCUT2D eigenvalue weighted by Crippen LogP contribution is -1.94. The zero-order valence-electron chi connectivity index (χ0n) is 11.1. The minimum atomic E-state index is 0.604. The maximum atomic E-state index is 5.89. The third kappa shape index (κ3) is 3.43. The van der Waals surface area contributed by atoms with Gasteiger partial charge in [0.2, 0.25) is 0 Å². The maximum absolute atomic E-state index is 5.89. The second-order valence-corrected chi connectivity index (χ2v) is 5.84. The first kappa shape index (κ1) is 14.1. The summed E-state index contributed by atoms with van der Waals surface area (Å²) in [6, 6.07) is 20.3. The molecule has 104 valence electrons. The molecule has 1 heterocycles. The predicted octanol–water partition coefficient (Wildman–Crippen LogP) is 5.91. The Morgan fingerprint density at radius 1 is 0.905 bits per heavy atom. The van der Waals surface area contributed by atoms with E-state index in [9.17, 15) is 0 Å². The summed E-state index contributed by atoms with van der Waals surface area (Å²) in [6.07, 6.45) is 1.62. The minimum Gasteiger partial charge on any atom is -0.339 e. The molecule has 3 rings (SSSR count). The number of nitrogens with one attached hydrogen (secondary N) is 1. The Morgan fingerprint density at radius 3 is 2.24 bits per heavy atom. The Hall–Kier alpha value is -1.84. The summed E-state index contributed by atoms with van der Waals surface area (Å²) in [6.45, 7) is 0. The highest BCUT2D eigenvalue weighted by Gasteiger charge is 2.03. The van der Waals surface area contributed by atoms with Crippen LogP contribution in [0.2, 0.25) is 5.02 Å². The highest BCUT2D eigenvalue weighted by atomic mass is 79.9. The Balaban J connectivity index is 1.81. The van der Waals surface area contributed by atoms with Crippen molar-refractivity contribution in [1.82, 2.24) is 4.98 Å². The first-order valence-corrected chi connectivity index (χ1v) is 7.63. The molecule has 0 unspecified atom stereocenters. The molecule has 0 amide bonds. The number of anilines is 2. The number of rotatable bonds is 3. The normalized spacial score (nSPS) is 10.4. The van der Waals surface area contributed by atoms with Gasteiger partial charge >= 0.3 is 0 Å². The fourth-order valence-corrected chi connectivity index (χ4v) is 2.76. The fourth-order valence-electron chi connectivity index (χ4n) is 2.02. The Labute approximate surface area is 136 Å². The standard InChI is InChI=1S/C17H12BrClN2/c18-16-10-14(19)11-20-17(16)21-15-8-6-13(7-9-15)12-4-2-1-3-5-12/h1-11H,(H,20,21). The zero-order valence-corrected chi connectivity index (χ0v) is 13.4. The highest BCUT2D eigenvalue weighted by molar-refractivity contribution is 9.10. The van der Waals surface area contributed by atoms with Gasteiger partial charge in [-0.25, -0.2) is 4.98 Å². The van der Waals surface area contributed by atoms with E-state index in [0.717, 1.165) is 16.0 Å². The van der Waals surface area contributed by atoms with Crippen LogP contribution in [0, 0.1) is 0 Å². The van der Waals surface area contributed by atoms with Gasteiger partial charge in [-0.3, -0.25) is 0 Å². The van der Waals surface area contributed by atoms with Crippen LogP contribution in [0.4, 0.5) is 11.5 Å². The van der Waals surface area contributed by atoms with Crippen molar-refractivity contribution >= 4 is 39.0 Å². The summed E-state index contributed by atoms with van der Waals surface area (Å²) in [5.74, 6) is 0.742. The van der Waals surface area contributed by atoms with Crippen molar-refractivity contribution in [3.05, 3.63) is 76.4 Å². The van der Waals surface area contributed by atoms with Gasteiger partial charge in [0.1, 0.15) is 5.82 Å². The van der Waals surface area contributed by atoms with Crippen molar-refractivity contribution in [2.45, 2.75) is 0 Å². The molecule has 2 nitrogen and oxygen atoms in total. The van der Waals surface area contributed by atoms with E-state index in [1.807, 2.05) is 36.4 Å². The number of aromatic nitrogens is 1. The molecule has 0 saturated heterocycles. The number of nitrogens with zero attached hydrogens (tertiary/aromatic N) is 1. The summed E-state index contributed by atoms with van der Waals surface area (Å²) < 4.78 is 0.835. The summed E-state index contributed by atoms with van der Waals surface area (Å²) >= 11 is 9.33. The van der Waals surface area contributed by atoms with Crippen molar-refractivity contribution < 1.29 is 0 Å². The summed E-state index contributed by atoms with van der Waals surface area (Å²) in [7, 11) is 0. The maximum Gasteiger partial charge on any atom is 0.144 e. The first-order chi connectivity index (χ1) is 10.2. The van der Waals surface area contributed by atoms with E-state index in [1.54, 1.807) is 6.20 Å². The molecule has 2 aromatic carbocycles. The van der Waals surface area contributed by atoms with E-state index in [-0.39, 0.29) is 0 Å². The number of hydrogen-bond acceptors (Lipinski definition) is 2. The molecule has 0 aliphatic carbocycles. The lowest BCUT2D eigenvalue weighted by atomic mass is 10.1. The van der Waals surface area contributed by atoms with E-state index in [0.29, 0.717) is 5.02 Å². The average Bonchev–Trinajstić information content (AvgIpc) is 2.52. The Bertz CT molecular complexity index is 742. The van der Waals surface area contributed by atoms with Crippen LogP contribution in [0.1, 0.15) is 0 Å². The largest absolute Gasteiger partial charge is 0.339 e. The van der Waals surface area contributed by atoms with Gasteiger partial charge in [-0.2, -0.15) is 0 Å². The molecule has 1 aromatic heterocycles. The van der Waals surface area contributed by atoms with Crippen molar-refractivity contribution in [2.75, 3.05) is 5.32 Å². The zero-order chi connectivity index (χ0) is 14.7. The third-order valence-corrected chi connectivity index (χ3v) is 3.87. The van der Waals surface area contributed by atoms with Crippen LogP contribution in [-0.2, 0) is 0 Å². The molecule has 0 fully saturated rings. The molecule has 0 atom stereocenters. The van der Waals surface area contributed by atoms with E-state index in [1.165, 1.54) is 11.1 Å². The summed E-state index contributed by atoms with van der Waals surface area (Å²) in [5.41, 5.74) is 3.37. The second-order valence-electron chi connectivity index (χ2n) is 4.55. The number of benzene rings is 2. The van der Waals surface area contributed by atoms with Crippen LogP contribution in [-0.4, -0.2) is 4.98 Å². The van der Waals surface area contributed by atoms with Gasteiger partial charge < -0.3 is 5.32 Å². The molecule has 0 aliphatic rings. The Kier molecular flexibility index (Phi) is 4.23. The minimum absolute atomic E-state index is 0.604. The van der Waals surface area contributed by atoms with Crippen molar-refractivity contribution in [3.63, 3.8) is 0 Å². The summed E-state index contributed by atoms with van der Waals surface area (Å²) in [4.78, 5) is 4.26. The molecular weight excluding hydrogens is 348 g/mol. The van der Waals surface area contributed by atoms with Crippen LogP contribution in [0.25, 0.3) is 11.1 Å². The van der Waals surface area contributed by atoms with Crippen LogP contribution in [0.15, 0.2) is 71.3 Å². The Morgan fingerprint density at radius 2 is 1.57 bits per heavy atom. The highest BCUT2D eigenvalue weighted by Crippen LogP contribution is 2.27. The lowest BCUT2D eigenvalue weighted by molar-refractivity contribution is 1.29. The van der Waals surface area contributed by atoms with Crippen LogP contribution >= 0.6 is 27.5 Å². The van der Waals surface area contributed by atoms with E-state index in [2.05, 4.69) is 50.5 Å².